The Morgan fingerprint density at radius 1 is 1.15 bits per heavy atom. The SMILES string of the molecule is Cc1cc(=O)c(C(=O)Nc2ccc3nc(-c4cccs4)[nH]c3c2)nn1-c1ccccc1[N+](=O)[O-]. The molecule has 2 N–H and O–H groups in total. The van der Waals surface area contributed by atoms with Gasteiger partial charge in [0.15, 0.2) is 5.69 Å². The third-order valence-electron chi connectivity index (χ3n) is 5.12. The maximum absolute atomic E-state index is 12.9. The second-order valence-corrected chi connectivity index (χ2v) is 8.35. The number of rotatable bonds is 5. The number of nitrogens with one attached hydrogen (secondary N) is 2. The molecule has 0 bridgehead atoms. The summed E-state index contributed by atoms with van der Waals surface area (Å²) < 4.78 is 1.22. The van der Waals surface area contributed by atoms with Gasteiger partial charge in [0.1, 0.15) is 11.5 Å². The first-order chi connectivity index (χ1) is 16.4. The van der Waals surface area contributed by atoms with Gasteiger partial charge in [-0.2, -0.15) is 5.10 Å². The number of imidazole rings is 1. The molecule has 0 aliphatic carbocycles. The van der Waals surface area contributed by atoms with Gasteiger partial charge in [-0.25, -0.2) is 9.67 Å². The second kappa shape index (κ2) is 8.37. The fourth-order valence-electron chi connectivity index (χ4n) is 3.55. The van der Waals surface area contributed by atoms with Gasteiger partial charge in [-0.15, -0.1) is 11.3 Å². The lowest BCUT2D eigenvalue weighted by Gasteiger charge is -2.11. The molecule has 0 saturated heterocycles. The Morgan fingerprint density at radius 2 is 1.97 bits per heavy atom. The van der Waals surface area contributed by atoms with E-state index in [1.165, 1.54) is 28.9 Å². The molecular weight excluding hydrogens is 456 g/mol. The van der Waals surface area contributed by atoms with Crippen molar-refractivity contribution < 1.29 is 9.72 Å². The number of benzene rings is 2. The van der Waals surface area contributed by atoms with E-state index in [0.717, 1.165) is 21.7 Å². The number of H-pyrrole nitrogens is 1. The van der Waals surface area contributed by atoms with E-state index in [9.17, 15) is 19.7 Å². The van der Waals surface area contributed by atoms with E-state index in [4.69, 9.17) is 0 Å². The van der Waals surface area contributed by atoms with Crippen LogP contribution >= 0.6 is 11.3 Å². The Bertz CT molecular complexity index is 1620. The molecule has 0 spiro atoms. The zero-order valence-electron chi connectivity index (χ0n) is 17.7. The molecule has 3 aromatic heterocycles. The van der Waals surface area contributed by atoms with Crippen LogP contribution in [0.5, 0.6) is 0 Å². The van der Waals surface area contributed by atoms with E-state index < -0.39 is 16.3 Å². The number of fused-ring (bicyclic) bond motifs is 1. The number of nitrogens with zero attached hydrogens (tertiary/aromatic N) is 4. The molecule has 34 heavy (non-hydrogen) atoms. The summed E-state index contributed by atoms with van der Waals surface area (Å²) in [6.07, 6.45) is 0. The van der Waals surface area contributed by atoms with Gasteiger partial charge in [0.2, 0.25) is 5.43 Å². The van der Waals surface area contributed by atoms with Crippen LogP contribution in [0, 0.1) is 17.0 Å². The van der Waals surface area contributed by atoms with Crippen LogP contribution in [-0.4, -0.2) is 30.6 Å². The summed E-state index contributed by atoms with van der Waals surface area (Å²) in [5.41, 5.74) is 1.23. The van der Waals surface area contributed by atoms with Crippen LogP contribution in [0.15, 0.2) is 70.8 Å². The number of nitro benzene ring substituents is 1. The Labute approximate surface area is 195 Å². The van der Waals surface area contributed by atoms with Crippen LogP contribution in [0.1, 0.15) is 16.2 Å². The number of thiophene rings is 1. The number of hydrogen-bond acceptors (Lipinski definition) is 7. The van der Waals surface area contributed by atoms with Crippen LogP contribution in [0.2, 0.25) is 0 Å². The Hall–Kier alpha value is -4.64. The summed E-state index contributed by atoms with van der Waals surface area (Å²) in [5.74, 6) is -0.00398. The topological polar surface area (TPSA) is 136 Å². The number of aromatic amines is 1. The van der Waals surface area contributed by atoms with Crippen molar-refractivity contribution in [1.29, 1.82) is 0 Å². The number of amides is 1. The molecule has 1 amide bonds. The first kappa shape index (κ1) is 21.2. The predicted octanol–water partition coefficient (Wildman–Crippen LogP) is 4.31. The first-order valence-corrected chi connectivity index (χ1v) is 11.0. The molecule has 10 nitrogen and oxygen atoms in total. The number of anilines is 1. The third kappa shape index (κ3) is 3.84. The molecule has 0 fully saturated rings. The van der Waals surface area contributed by atoms with Gasteiger partial charge in [-0.3, -0.25) is 19.7 Å². The monoisotopic (exact) mass is 472 g/mol. The molecule has 168 valence electrons. The first-order valence-electron chi connectivity index (χ1n) is 10.1. The van der Waals surface area contributed by atoms with Crippen molar-refractivity contribution in [3.05, 3.63) is 97.8 Å². The predicted molar refractivity (Wildman–Crippen MR) is 129 cm³/mol. The number of aryl methyl sites for hydroxylation is 1. The van der Waals surface area contributed by atoms with Crippen LogP contribution in [0.4, 0.5) is 11.4 Å². The minimum Gasteiger partial charge on any atom is -0.337 e. The van der Waals surface area contributed by atoms with Crippen molar-refractivity contribution in [2.24, 2.45) is 0 Å². The molecule has 3 heterocycles. The van der Waals surface area contributed by atoms with E-state index >= 15 is 0 Å². The van der Waals surface area contributed by atoms with Crippen LogP contribution in [0.25, 0.3) is 27.4 Å². The van der Waals surface area contributed by atoms with Crippen LogP contribution < -0.4 is 10.7 Å². The normalized spacial score (nSPS) is 11.0. The van der Waals surface area contributed by atoms with Gasteiger partial charge < -0.3 is 10.3 Å². The fraction of sp³-hybridized carbons (Fsp3) is 0.0435. The Balaban J connectivity index is 1.48. The van der Waals surface area contributed by atoms with Gasteiger partial charge in [0.25, 0.3) is 11.6 Å². The summed E-state index contributed by atoms with van der Waals surface area (Å²) in [6, 6.07) is 16.2. The third-order valence-corrected chi connectivity index (χ3v) is 6.00. The van der Waals surface area contributed by atoms with Gasteiger partial charge >= 0.3 is 0 Å². The van der Waals surface area contributed by atoms with E-state index in [1.807, 2.05) is 17.5 Å². The summed E-state index contributed by atoms with van der Waals surface area (Å²) in [5, 5.41) is 20.2. The van der Waals surface area contributed by atoms with E-state index in [1.54, 1.807) is 42.5 Å². The summed E-state index contributed by atoms with van der Waals surface area (Å²) in [4.78, 5) is 45.1. The number of hydrogen-bond donors (Lipinski definition) is 2. The lowest BCUT2D eigenvalue weighted by atomic mass is 10.2. The lowest BCUT2D eigenvalue weighted by molar-refractivity contribution is -0.384. The van der Waals surface area contributed by atoms with Crippen molar-refractivity contribution in [2.75, 3.05) is 5.32 Å². The largest absolute Gasteiger partial charge is 0.337 e. The molecule has 5 aromatic rings. The highest BCUT2D eigenvalue weighted by atomic mass is 32.1. The zero-order chi connectivity index (χ0) is 23.8. The number of carbonyl (C=O) groups excluding carboxylic acids is 1. The standard InChI is InChI=1S/C23H16N6O4S/c1-13-11-19(30)21(27-28(13)17-5-2-3-6-18(17)29(32)33)23(31)24-14-8-9-15-16(12-14)26-22(25-15)20-7-4-10-34-20/h2-12H,1H3,(H,24,31)(H,25,26). The highest BCUT2D eigenvalue weighted by Gasteiger charge is 2.20. The van der Waals surface area contributed by atoms with Crippen molar-refractivity contribution in [2.45, 2.75) is 6.92 Å². The summed E-state index contributed by atoms with van der Waals surface area (Å²) in [7, 11) is 0. The van der Waals surface area contributed by atoms with Crippen molar-refractivity contribution in [1.82, 2.24) is 19.7 Å². The Kier molecular flexibility index (Phi) is 5.22. The molecule has 0 aliphatic heterocycles. The van der Waals surface area contributed by atoms with Gasteiger partial charge in [-0.1, -0.05) is 18.2 Å². The summed E-state index contributed by atoms with van der Waals surface area (Å²) in [6.45, 7) is 1.59. The molecule has 0 atom stereocenters. The number of carbonyl (C=O) groups is 1. The van der Waals surface area contributed by atoms with E-state index in [-0.39, 0.29) is 17.1 Å². The van der Waals surface area contributed by atoms with Gasteiger partial charge in [0, 0.05) is 23.5 Å². The maximum atomic E-state index is 12.9. The molecule has 11 heteroatoms. The fourth-order valence-corrected chi connectivity index (χ4v) is 4.22. The molecule has 2 aromatic carbocycles. The minimum absolute atomic E-state index is 0.152. The maximum Gasteiger partial charge on any atom is 0.294 e. The van der Waals surface area contributed by atoms with Gasteiger partial charge in [-0.05, 0) is 42.6 Å². The van der Waals surface area contributed by atoms with Crippen LogP contribution in [0.3, 0.4) is 0 Å². The average Bonchev–Trinajstić information content (AvgIpc) is 3.48. The number of para-hydroxylation sites is 2. The van der Waals surface area contributed by atoms with Crippen molar-refractivity contribution in [3.8, 4) is 16.4 Å². The quantitative estimate of drug-likeness (QED) is 0.289. The average molecular weight is 472 g/mol. The van der Waals surface area contributed by atoms with E-state index in [0.29, 0.717) is 11.4 Å². The second-order valence-electron chi connectivity index (χ2n) is 7.40. The highest BCUT2D eigenvalue weighted by Crippen LogP contribution is 2.26. The molecule has 0 aliphatic rings. The number of aromatic nitrogens is 4. The van der Waals surface area contributed by atoms with Crippen molar-refractivity contribution >= 4 is 39.7 Å². The smallest absolute Gasteiger partial charge is 0.294 e. The van der Waals surface area contributed by atoms with Crippen LogP contribution in [-0.2, 0) is 0 Å². The molecule has 0 saturated carbocycles. The molecule has 0 radical (unpaired) electrons. The van der Waals surface area contributed by atoms with E-state index in [2.05, 4.69) is 20.4 Å². The molecule has 0 unspecified atom stereocenters. The summed E-state index contributed by atoms with van der Waals surface area (Å²) >= 11 is 1.56. The lowest BCUT2D eigenvalue weighted by Crippen LogP contribution is -2.27. The highest BCUT2D eigenvalue weighted by molar-refractivity contribution is 7.13. The molecular formula is C23H16N6O4S. The Morgan fingerprint density at radius 3 is 2.74 bits per heavy atom. The molecule has 5 rings (SSSR count). The zero-order valence-corrected chi connectivity index (χ0v) is 18.5. The number of nitro groups is 1. The van der Waals surface area contributed by atoms with Gasteiger partial charge in [0.05, 0.1) is 20.8 Å². The van der Waals surface area contributed by atoms with Crippen molar-refractivity contribution in [3.63, 3.8) is 0 Å². The minimum atomic E-state index is -0.727.